The van der Waals surface area contributed by atoms with Crippen LogP contribution in [-0.2, 0) is 14.4 Å². The largest absolute Gasteiger partial charge is 0.494 e. The third kappa shape index (κ3) is 7.33. The number of likely N-dealkylation sites (tertiary alicyclic amines) is 1. The maximum atomic E-state index is 14.4. The lowest BCUT2D eigenvalue weighted by Gasteiger charge is -2.36. The van der Waals surface area contributed by atoms with Gasteiger partial charge in [-0.25, -0.2) is 18.7 Å². The molecule has 3 unspecified atom stereocenters. The number of nitrogens with zero attached hydrogens (tertiary/aromatic N) is 3. The molecule has 4 N–H and O–H groups in total. The van der Waals surface area contributed by atoms with Crippen LogP contribution >= 0.6 is 12.4 Å². The molecule has 1 fully saturated rings. The molecule has 1 aliphatic heterocycles. The van der Waals surface area contributed by atoms with Crippen molar-refractivity contribution >= 4 is 58.2 Å². The van der Waals surface area contributed by atoms with E-state index in [1.807, 2.05) is 20.8 Å². The number of ether oxygens (including phenoxy) is 1. The van der Waals surface area contributed by atoms with Crippen LogP contribution in [0.25, 0.3) is 10.9 Å². The van der Waals surface area contributed by atoms with Gasteiger partial charge in [-0.15, -0.1) is 12.4 Å². The molecule has 0 radical (unpaired) electrons. The van der Waals surface area contributed by atoms with Gasteiger partial charge in [0.2, 0.25) is 17.7 Å². The summed E-state index contributed by atoms with van der Waals surface area (Å²) in [6, 6.07) is 4.76. The zero-order valence-corrected chi connectivity index (χ0v) is 26.3. The quantitative estimate of drug-likeness (QED) is 0.276. The van der Waals surface area contributed by atoms with E-state index in [2.05, 4.69) is 31.2 Å². The van der Waals surface area contributed by atoms with Gasteiger partial charge in [0, 0.05) is 18.0 Å². The highest BCUT2D eigenvalue weighted by Crippen LogP contribution is 2.34. The first-order chi connectivity index (χ1) is 20.3. The first-order valence-electron chi connectivity index (χ1n) is 14.0. The Kier molecular flexibility index (Phi) is 11.0. The number of halogens is 3. The second kappa shape index (κ2) is 14.1. The Labute approximate surface area is 260 Å². The van der Waals surface area contributed by atoms with Crippen molar-refractivity contribution < 1.29 is 27.9 Å². The Balaban J connectivity index is 0.00000529. The lowest BCUT2D eigenvalue weighted by molar-refractivity contribution is -0.143. The molecule has 0 aliphatic carbocycles. The van der Waals surface area contributed by atoms with E-state index in [-0.39, 0.29) is 41.4 Å². The van der Waals surface area contributed by atoms with Crippen LogP contribution in [0.2, 0.25) is 0 Å². The minimum atomic E-state index is -1.06. The third-order valence-electron chi connectivity index (χ3n) is 7.48. The number of anilines is 3. The van der Waals surface area contributed by atoms with E-state index in [9.17, 15) is 23.2 Å². The molecule has 3 aromatic rings. The zero-order valence-electron chi connectivity index (χ0n) is 25.5. The topological polar surface area (TPSA) is 138 Å². The van der Waals surface area contributed by atoms with Gasteiger partial charge in [-0.3, -0.25) is 14.4 Å². The number of amides is 3. The number of carbonyl (C=O) groups excluding carboxylic acids is 3. The third-order valence-corrected chi connectivity index (χ3v) is 7.48. The van der Waals surface area contributed by atoms with Gasteiger partial charge in [0.15, 0.2) is 11.6 Å². The zero-order chi connectivity index (χ0) is 31.5. The van der Waals surface area contributed by atoms with Crippen molar-refractivity contribution in [3.8, 4) is 5.75 Å². The van der Waals surface area contributed by atoms with Crippen LogP contribution < -0.4 is 26.0 Å². The van der Waals surface area contributed by atoms with E-state index in [1.54, 1.807) is 26.1 Å². The molecular weight excluding hydrogens is 596 g/mol. The predicted molar refractivity (Wildman–Crippen MR) is 166 cm³/mol. The molecule has 0 saturated carbocycles. The monoisotopic (exact) mass is 633 g/mol. The van der Waals surface area contributed by atoms with E-state index < -0.39 is 41.1 Å². The molecule has 11 nitrogen and oxygen atoms in total. The van der Waals surface area contributed by atoms with Crippen molar-refractivity contribution in [3.05, 3.63) is 48.3 Å². The molecule has 1 aromatic heterocycles. The fourth-order valence-corrected chi connectivity index (χ4v) is 4.91. The van der Waals surface area contributed by atoms with Crippen LogP contribution in [0.3, 0.4) is 0 Å². The summed E-state index contributed by atoms with van der Waals surface area (Å²) >= 11 is 0. The van der Waals surface area contributed by atoms with Crippen molar-refractivity contribution in [2.45, 2.75) is 58.7 Å². The summed E-state index contributed by atoms with van der Waals surface area (Å²) in [5.74, 6) is -2.69. The van der Waals surface area contributed by atoms with Crippen molar-refractivity contribution in [2.24, 2.45) is 5.41 Å². The van der Waals surface area contributed by atoms with Crippen molar-refractivity contribution in [2.75, 3.05) is 31.3 Å². The summed E-state index contributed by atoms with van der Waals surface area (Å²) < 4.78 is 33.7. The van der Waals surface area contributed by atoms with Gasteiger partial charge < -0.3 is 30.9 Å². The highest BCUT2D eigenvalue weighted by molar-refractivity contribution is 6.03. The van der Waals surface area contributed by atoms with Gasteiger partial charge in [0.1, 0.15) is 30.0 Å². The van der Waals surface area contributed by atoms with E-state index in [0.717, 1.165) is 6.07 Å². The second-order valence-electron chi connectivity index (χ2n) is 11.5. The molecule has 44 heavy (non-hydrogen) atoms. The van der Waals surface area contributed by atoms with Gasteiger partial charge in [-0.1, -0.05) is 26.8 Å². The normalized spacial score (nSPS) is 16.1. The van der Waals surface area contributed by atoms with Crippen molar-refractivity contribution in [3.63, 3.8) is 0 Å². The summed E-state index contributed by atoms with van der Waals surface area (Å²) in [7, 11) is 3.10. The van der Waals surface area contributed by atoms with E-state index in [1.165, 1.54) is 30.5 Å². The predicted octanol–water partition coefficient (Wildman–Crippen LogP) is 4.15. The average Bonchev–Trinajstić information content (AvgIpc) is 3.47. The van der Waals surface area contributed by atoms with Gasteiger partial charge in [-0.05, 0) is 50.4 Å². The number of hydrogen-bond donors (Lipinski definition) is 4. The molecule has 3 amide bonds. The second-order valence-corrected chi connectivity index (χ2v) is 11.5. The summed E-state index contributed by atoms with van der Waals surface area (Å²) in [6.45, 7) is 7.62. The van der Waals surface area contributed by atoms with Crippen LogP contribution in [0.4, 0.5) is 26.0 Å². The molecular formula is C30H38ClF2N7O4. The highest BCUT2D eigenvalue weighted by Gasteiger charge is 2.42. The number of benzene rings is 2. The molecule has 0 spiro atoms. The molecule has 1 aliphatic rings. The Morgan fingerprint density at radius 2 is 1.84 bits per heavy atom. The van der Waals surface area contributed by atoms with Crippen molar-refractivity contribution in [1.82, 2.24) is 25.5 Å². The number of aromatic nitrogens is 2. The van der Waals surface area contributed by atoms with E-state index in [0.29, 0.717) is 36.0 Å². The molecule has 0 bridgehead atoms. The van der Waals surface area contributed by atoms with Crippen LogP contribution in [0.15, 0.2) is 36.7 Å². The van der Waals surface area contributed by atoms with Gasteiger partial charge >= 0.3 is 0 Å². The highest BCUT2D eigenvalue weighted by atomic mass is 35.5. The fourth-order valence-electron chi connectivity index (χ4n) is 4.91. The standard InChI is InChI=1S/C30H37F2N7O4.ClH/c1-16(33-5)27(40)38-25(30(2,3)4)29(42)39-12-8-11-22(39)28(41)37-21-13-17-20(14-23(21)43-6)34-15-35-26(17)36-19-10-7-9-18(31)24(19)32;/h7,9-10,13-16,22,25,33H,8,11-12H2,1-6H3,(H,37,41)(H,38,40)(H,34,35,36);1H. The molecule has 1 saturated heterocycles. The Hall–Kier alpha value is -4.10. The number of likely N-dealkylation sites (N-methyl/N-ethyl adjacent to an activating group) is 1. The Bertz CT molecular complexity index is 1540. The average molecular weight is 634 g/mol. The summed E-state index contributed by atoms with van der Waals surface area (Å²) in [5.41, 5.74) is -0.0245. The SMILES string of the molecule is CNC(C)C(=O)NC(C(=O)N1CCCC1C(=O)Nc1cc2c(Nc3cccc(F)c3F)ncnc2cc1OC)C(C)(C)C.Cl. The maximum absolute atomic E-state index is 14.4. The van der Waals surface area contributed by atoms with Gasteiger partial charge in [0.05, 0.1) is 30.0 Å². The number of hydrogen-bond acceptors (Lipinski definition) is 8. The van der Waals surface area contributed by atoms with Crippen LogP contribution in [0, 0.1) is 17.0 Å². The lowest BCUT2D eigenvalue weighted by atomic mass is 9.85. The van der Waals surface area contributed by atoms with Crippen LogP contribution in [-0.4, -0.2) is 71.4 Å². The first kappa shape index (κ1) is 34.4. The Morgan fingerprint density at radius 3 is 2.50 bits per heavy atom. The molecule has 2 aromatic carbocycles. The van der Waals surface area contributed by atoms with Gasteiger partial charge in [-0.2, -0.15) is 0 Å². The van der Waals surface area contributed by atoms with E-state index >= 15 is 0 Å². The number of carbonyl (C=O) groups is 3. The molecule has 3 atom stereocenters. The number of nitrogens with one attached hydrogen (secondary N) is 4. The maximum Gasteiger partial charge on any atom is 0.247 e. The number of methoxy groups -OCH3 is 1. The fraction of sp³-hybridized carbons (Fsp3) is 0.433. The minimum absolute atomic E-state index is 0. The minimum Gasteiger partial charge on any atom is -0.494 e. The summed E-state index contributed by atoms with van der Waals surface area (Å²) in [6.07, 6.45) is 2.31. The van der Waals surface area contributed by atoms with Crippen LogP contribution in [0.1, 0.15) is 40.5 Å². The molecule has 2 heterocycles. The van der Waals surface area contributed by atoms with Crippen LogP contribution in [0.5, 0.6) is 5.75 Å². The molecule has 14 heteroatoms. The molecule has 238 valence electrons. The van der Waals surface area contributed by atoms with E-state index in [4.69, 9.17) is 4.74 Å². The van der Waals surface area contributed by atoms with Crippen molar-refractivity contribution in [1.29, 1.82) is 0 Å². The van der Waals surface area contributed by atoms with Gasteiger partial charge in [0.25, 0.3) is 0 Å². The molecule has 4 rings (SSSR count). The number of fused-ring (bicyclic) bond motifs is 1. The smallest absolute Gasteiger partial charge is 0.247 e. The number of rotatable bonds is 9. The Morgan fingerprint density at radius 1 is 1.11 bits per heavy atom. The lowest BCUT2D eigenvalue weighted by Crippen LogP contribution is -2.59. The first-order valence-corrected chi connectivity index (χ1v) is 14.0. The summed E-state index contributed by atoms with van der Waals surface area (Å²) in [4.78, 5) is 50.0. The summed E-state index contributed by atoms with van der Waals surface area (Å²) in [5, 5.41) is 11.8.